The molecule has 0 saturated carbocycles. The number of carbonyl (C=O) groups excluding carboxylic acids is 2. The first kappa shape index (κ1) is 22.7. The molecule has 0 aliphatic carbocycles. The lowest BCUT2D eigenvalue weighted by Gasteiger charge is -2.26. The predicted octanol–water partition coefficient (Wildman–Crippen LogP) is 5.65. The van der Waals surface area contributed by atoms with Gasteiger partial charge in [0, 0.05) is 29.5 Å². The number of aliphatic hydroxyl groups is 1. The number of Topliss-reactive ketones (excluding diaryl/α,β-unsaturated/α-hetero) is 1. The minimum absolute atomic E-state index is 0.0423. The van der Waals surface area contributed by atoms with E-state index in [1.54, 1.807) is 42.7 Å². The summed E-state index contributed by atoms with van der Waals surface area (Å²) in [6.07, 6.45) is 3.32. The van der Waals surface area contributed by atoms with Crippen molar-refractivity contribution in [3.05, 3.63) is 106 Å². The van der Waals surface area contributed by atoms with Crippen LogP contribution in [0.2, 0.25) is 5.02 Å². The first-order valence-electron chi connectivity index (χ1n) is 10.7. The molecule has 0 unspecified atom stereocenters. The van der Waals surface area contributed by atoms with E-state index in [1.165, 1.54) is 4.90 Å². The van der Waals surface area contributed by atoms with Gasteiger partial charge in [-0.15, -0.1) is 0 Å². The molecule has 1 N–H and O–H groups in total. The zero-order valence-corrected chi connectivity index (χ0v) is 19.5. The number of aromatic nitrogens is 1. The third kappa shape index (κ3) is 4.55. The molecule has 4 rings (SSSR count). The molecule has 6 heteroatoms. The Labute approximate surface area is 198 Å². The third-order valence-electron chi connectivity index (χ3n) is 5.83. The number of ketones is 1. The van der Waals surface area contributed by atoms with E-state index >= 15 is 0 Å². The summed E-state index contributed by atoms with van der Waals surface area (Å²) in [6, 6.07) is 17.3. The number of hydrogen-bond acceptors (Lipinski definition) is 4. The molecule has 1 aromatic heterocycles. The first-order chi connectivity index (χ1) is 15.7. The summed E-state index contributed by atoms with van der Waals surface area (Å²) in [6.45, 7) is 6.56. The lowest BCUT2D eigenvalue weighted by molar-refractivity contribution is -0.140. The largest absolute Gasteiger partial charge is 0.507 e. The van der Waals surface area contributed by atoms with Gasteiger partial charge < -0.3 is 10.0 Å². The maximum absolute atomic E-state index is 13.1. The van der Waals surface area contributed by atoms with Crippen LogP contribution in [0.3, 0.4) is 0 Å². The SMILES string of the molecule is CC(C)(C)c1ccc([C@H]2/C(=C(\O)c3ccc(Cl)cc3)C(=O)C(=O)N2Cc2cccnc2)cc1. The molecule has 168 valence electrons. The van der Waals surface area contributed by atoms with Crippen LogP contribution in [0.25, 0.3) is 5.76 Å². The Bertz CT molecular complexity index is 1210. The Morgan fingerprint density at radius 1 is 1.03 bits per heavy atom. The lowest BCUT2D eigenvalue weighted by atomic mass is 9.85. The maximum atomic E-state index is 13.1. The van der Waals surface area contributed by atoms with Gasteiger partial charge in [0.05, 0.1) is 11.6 Å². The van der Waals surface area contributed by atoms with Crippen molar-refractivity contribution in [1.82, 2.24) is 9.88 Å². The fraction of sp³-hybridized carbons (Fsp3) is 0.222. The van der Waals surface area contributed by atoms with Crippen molar-refractivity contribution >= 4 is 29.1 Å². The van der Waals surface area contributed by atoms with Crippen LogP contribution in [-0.4, -0.2) is 26.7 Å². The van der Waals surface area contributed by atoms with Gasteiger partial charge in [0.25, 0.3) is 11.7 Å². The summed E-state index contributed by atoms with van der Waals surface area (Å²) in [7, 11) is 0. The molecule has 1 saturated heterocycles. The quantitative estimate of drug-likeness (QED) is 0.310. The number of carbonyl (C=O) groups is 2. The van der Waals surface area contributed by atoms with Crippen LogP contribution in [0, 0.1) is 0 Å². The second kappa shape index (κ2) is 8.83. The number of benzene rings is 2. The van der Waals surface area contributed by atoms with Gasteiger partial charge in [-0.3, -0.25) is 14.6 Å². The van der Waals surface area contributed by atoms with Crippen molar-refractivity contribution in [2.75, 3.05) is 0 Å². The molecule has 0 spiro atoms. The number of pyridine rings is 1. The highest BCUT2D eigenvalue weighted by molar-refractivity contribution is 6.46. The van der Waals surface area contributed by atoms with Crippen LogP contribution in [0.5, 0.6) is 0 Å². The molecule has 5 nitrogen and oxygen atoms in total. The zero-order chi connectivity index (χ0) is 23.8. The number of amides is 1. The number of hydrogen-bond donors (Lipinski definition) is 1. The molecule has 1 amide bonds. The maximum Gasteiger partial charge on any atom is 0.295 e. The Hall–Kier alpha value is -3.44. The Morgan fingerprint density at radius 2 is 1.70 bits per heavy atom. The van der Waals surface area contributed by atoms with Crippen molar-refractivity contribution < 1.29 is 14.7 Å². The number of rotatable bonds is 4. The minimum Gasteiger partial charge on any atom is -0.507 e. The van der Waals surface area contributed by atoms with Crippen LogP contribution < -0.4 is 0 Å². The molecule has 2 heterocycles. The normalized spacial score (nSPS) is 18.1. The van der Waals surface area contributed by atoms with Gasteiger partial charge in [-0.25, -0.2) is 0 Å². The van der Waals surface area contributed by atoms with E-state index in [2.05, 4.69) is 25.8 Å². The van der Waals surface area contributed by atoms with Crippen molar-refractivity contribution in [3.63, 3.8) is 0 Å². The molecule has 1 aliphatic rings. The van der Waals surface area contributed by atoms with Crippen molar-refractivity contribution in [1.29, 1.82) is 0 Å². The van der Waals surface area contributed by atoms with E-state index in [0.717, 1.165) is 16.7 Å². The molecule has 33 heavy (non-hydrogen) atoms. The van der Waals surface area contributed by atoms with Crippen LogP contribution >= 0.6 is 11.6 Å². The van der Waals surface area contributed by atoms with Gasteiger partial charge in [-0.2, -0.15) is 0 Å². The summed E-state index contributed by atoms with van der Waals surface area (Å²) in [5, 5.41) is 11.6. The molecule has 1 aliphatic heterocycles. The van der Waals surface area contributed by atoms with E-state index in [9.17, 15) is 14.7 Å². The zero-order valence-electron chi connectivity index (χ0n) is 18.7. The van der Waals surface area contributed by atoms with Crippen LogP contribution in [0.1, 0.15) is 49.1 Å². The smallest absolute Gasteiger partial charge is 0.295 e. The second-order valence-corrected chi connectivity index (χ2v) is 9.60. The highest BCUT2D eigenvalue weighted by Crippen LogP contribution is 2.40. The summed E-state index contributed by atoms with van der Waals surface area (Å²) < 4.78 is 0. The fourth-order valence-corrected chi connectivity index (χ4v) is 4.13. The Balaban J connectivity index is 1.85. The van der Waals surface area contributed by atoms with Crippen molar-refractivity contribution in [3.8, 4) is 0 Å². The summed E-state index contributed by atoms with van der Waals surface area (Å²) in [4.78, 5) is 31.9. The van der Waals surface area contributed by atoms with E-state index in [0.29, 0.717) is 10.6 Å². The standard InChI is InChI=1S/C27H25ClN2O3/c1-27(2,3)20-10-6-18(7-11-20)23-22(24(31)19-8-12-21(28)13-9-19)25(32)26(33)30(23)16-17-5-4-14-29-15-17/h4-15,23,31H,16H2,1-3H3/b24-22+/t23-/m0/s1. The van der Waals surface area contributed by atoms with E-state index in [-0.39, 0.29) is 23.3 Å². The number of aliphatic hydroxyl groups excluding tert-OH is 1. The van der Waals surface area contributed by atoms with Gasteiger partial charge in [0.2, 0.25) is 0 Å². The third-order valence-corrected chi connectivity index (χ3v) is 6.08. The summed E-state index contributed by atoms with van der Waals surface area (Å²) in [5.41, 5.74) is 3.13. The van der Waals surface area contributed by atoms with Crippen molar-refractivity contribution in [2.45, 2.75) is 38.8 Å². The van der Waals surface area contributed by atoms with Crippen LogP contribution in [0.4, 0.5) is 0 Å². The van der Waals surface area contributed by atoms with Crippen molar-refractivity contribution in [2.24, 2.45) is 0 Å². The van der Waals surface area contributed by atoms with Gasteiger partial charge in [0.1, 0.15) is 5.76 Å². The molecule has 1 fully saturated rings. The average Bonchev–Trinajstić information content (AvgIpc) is 3.04. The molecule has 1 atom stereocenters. The van der Waals surface area contributed by atoms with Gasteiger partial charge >= 0.3 is 0 Å². The fourth-order valence-electron chi connectivity index (χ4n) is 4.01. The summed E-state index contributed by atoms with van der Waals surface area (Å²) >= 11 is 5.98. The topological polar surface area (TPSA) is 70.5 Å². The second-order valence-electron chi connectivity index (χ2n) is 9.17. The Kier molecular flexibility index (Phi) is 6.09. The molecular formula is C27H25ClN2O3. The lowest BCUT2D eigenvalue weighted by Crippen LogP contribution is -2.29. The van der Waals surface area contributed by atoms with Gasteiger partial charge in [0.15, 0.2) is 0 Å². The highest BCUT2D eigenvalue weighted by atomic mass is 35.5. The van der Waals surface area contributed by atoms with E-state index in [4.69, 9.17) is 11.6 Å². The number of likely N-dealkylation sites (tertiary alicyclic amines) is 1. The first-order valence-corrected chi connectivity index (χ1v) is 11.1. The van der Waals surface area contributed by atoms with E-state index < -0.39 is 17.7 Å². The van der Waals surface area contributed by atoms with Gasteiger partial charge in [-0.1, -0.05) is 62.7 Å². The molecule has 0 bridgehead atoms. The van der Waals surface area contributed by atoms with E-state index in [1.807, 2.05) is 30.3 Å². The number of nitrogens with zero attached hydrogens (tertiary/aromatic N) is 2. The minimum atomic E-state index is -0.727. The Morgan fingerprint density at radius 3 is 2.27 bits per heavy atom. The van der Waals surface area contributed by atoms with Crippen LogP contribution in [0.15, 0.2) is 78.6 Å². The highest BCUT2D eigenvalue weighted by Gasteiger charge is 2.46. The molecule has 0 radical (unpaired) electrons. The molecule has 2 aromatic carbocycles. The monoisotopic (exact) mass is 460 g/mol. The average molecular weight is 461 g/mol. The number of halogens is 1. The van der Waals surface area contributed by atoms with Crippen LogP contribution in [-0.2, 0) is 21.5 Å². The molecular weight excluding hydrogens is 436 g/mol. The summed E-state index contributed by atoms with van der Waals surface area (Å²) in [5.74, 6) is -1.58. The predicted molar refractivity (Wildman–Crippen MR) is 129 cm³/mol. The molecule has 3 aromatic rings. The van der Waals surface area contributed by atoms with Gasteiger partial charge in [-0.05, 0) is 52.4 Å².